The zero-order chi connectivity index (χ0) is 20.8. The molecule has 4 rings (SSSR count). The number of thiophene rings is 1. The number of fused-ring (bicyclic) bond motifs is 1. The van der Waals surface area contributed by atoms with Gasteiger partial charge in [-0.2, -0.15) is 0 Å². The summed E-state index contributed by atoms with van der Waals surface area (Å²) in [6.45, 7) is 10.4. The number of rotatable bonds is 9. The van der Waals surface area contributed by atoms with Crippen LogP contribution in [0.4, 0.5) is 11.6 Å². The van der Waals surface area contributed by atoms with Crippen LogP contribution < -0.4 is 10.6 Å². The predicted molar refractivity (Wildman–Crippen MR) is 123 cm³/mol. The standard InChI is InChI=1S/C22H30N6OS/c1-16-17(2)30-22-20(16)21(26-19(27-22)15-28-11-13-29-14-12-28)25-10-6-5-9-24-18-7-3-4-8-23-18/h3-4,7-8H,5-6,9-15H2,1-2H3,(H,23,24)(H,25,26,27). The van der Waals surface area contributed by atoms with Crippen molar-refractivity contribution >= 4 is 33.2 Å². The Morgan fingerprint density at radius 3 is 2.63 bits per heavy atom. The first kappa shape index (κ1) is 21.0. The highest BCUT2D eigenvalue weighted by atomic mass is 32.1. The maximum atomic E-state index is 5.46. The molecule has 160 valence electrons. The minimum absolute atomic E-state index is 0.776. The van der Waals surface area contributed by atoms with Gasteiger partial charge >= 0.3 is 0 Å². The molecule has 0 saturated carbocycles. The van der Waals surface area contributed by atoms with E-state index in [1.165, 1.54) is 15.8 Å². The number of hydrogen-bond acceptors (Lipinski definition) is 8. The molecule has 3 aromatic rings. The molecule has 0 spiro atoms. The molecule has 0 amide bonds. The van der Waals surface area contributed by atoms with Gasteiger partial charge in [-0.15, -0.1) is 11.3 Å². The second-order valence-electron chi connectivity index (χ2n) is 7.62. The zero-order valence-corrected chi connectivity index (χ0v) is 18.6. The number of hydrogen-bond donors (Lipinski definition) is 2. The number of nitrogens with one attached hydrogen (secondary N) is 2. The maximum Gasteiger partial charge on any atom is 0.146 e. The lowest BCUT2D eigenvalue weighted by Crippen LogP contribution is -2.36. The molecule has 0 aromatic carbocycles. The summed E-state index contributed by atoms with van der Waals surface area (Å²) in [6.07, 6.45) is 3.94. The minimum Gasteiger partial charge on any atom is -0.379 e. The molecule has 1 saturated heterocycles. The van der Waals surface area contributed by atoms with Crippen molar-refractivity contribution in [2.75, 3.05) is 50.0 Å². The lowest BCUT2D eigenvalue weighted by Gasteiger charge is -2.25. The Morgan fingerprint density at radius 1 is 1.07 bits per heavy atom. The average molecular weight is 427 g/mol. The number of morpholine rings is 1. The van der Waals surface area contributed by atoms with Crippen molar-refractivity contribution in [1.29, 1.82) is 0 Å². The van der Waals surface area contributed by atoms with E-state index in [0.29, 0.717) is 0 Å². The van der Waals surface area contributed by atoms with Gasteiger partial charge in [-0.3, -0.25) is 4.90 Å². The smallest absolute Gasteiger partial charge is 0.146 e. The number of pyridine rings is 1. The van der Waals surface area contributed by atoms with E-state index in [1.54, 1.807) is 11.3 Å². The Labute approximate surface area is 181 Å². The predicted octanol–water partition coefficient (Wildman–Crippen LogP) is 3.84. The molecule has 2 N–H and O–H groups in total. The SMILES string of the molecule is Cc1sc2nc(CN3CCOCC3)nc(NCCCCNc3ccccn3)c2c1C. The highest BCUT2D eigenvalue weighted by Crippen LogP contribution is 2.33. The topological polar surface area (TPSA) is 75.2 Å². The number of anilines is 2. The van der Waals surface area contributed by atoms with Crippen LogP contribution in [0, 0.1) is 13.8 Å². The van der Waals surface area contributed by atoms with Gasteiger partial charge in [0.2, 0.25) is 0 Å². The van der Waals surface area contributed by atoms with Gasteiger partial charge in [-0.25, -0.2) is 15.0 Å². The maximum absolute atomic E-state index is 5.46. The molecule has 0 radical (unpaired) electrons. The van der Waals surface area contributed by atoms with Crippen LogP contribution in [0.1, 0.15) is 29.1 Å². The third kappa shape index (κ3) is 5.24. The lowest BCUT2D eigenvalue weighted by molar-refractivity contribution is 0.0331. The van der Waals surface area contributed by atoms with Gasteiger partial charge in [0.05, 0.1) is 25.1 Å². The van der Waals surface area contributed by atoms with E-state index < -0.39 is 0 Å². The average Bonchev–Trinajstić information content (AvgIpc) is 3.05. The summed E-state index contributed by atoms with van der Waals surface area (Å²) < 4.78 is 5.46. The fourth-order valence-electron chi connectivity index (χ4n) is 3.59. The molecular weight excluding hydrogens is 396 g/mol. The van der Waals surface area contributed by atoms with Gasteiger partial charge in [0.15, 0.2) is 0 Å². The summed E-state index contributed by atoms with van der Waals surface area (Å²) in [5.74, 6) is 2.80. The summed E-state index contributed by atoms with van der Waals surface area (Å²) in [6, 6.07) is 5.92. The number of ether oxygens (including phenoxy) is 1. The van der Waals surface area contributed by atoms with E-state index >= 15 is 0 Å². The van der Waals surface area contributed by atoms with Gasteiger partial charge in [-0.05, 0) is 44.4 Å². The first-order chi connectivity index (χ1) is 14.7. The molecular formula is C22H30N6OS. The van der Waals surface area contributed by atoms with Crippen LogP contribution in [0.5, 0.6) is 0 Å². The van der Waals surface area contributed by atoms with Crippen molar-refractivity contribution < 1.29 is 4.74 Å². The lowest BCUT2D eigenvalue weighted by atomic mass is 10.2. The largest absolute Gasteiger partial charge is 0.379 e. The van der Waals surface area contributed by atoms with Crippen molar-refractivity contribution in [2.45, 2.75) is 33.2 Å². The fraction of sp³-hybridized carbons (Fsp3) is 0.500. The molecule has 1 fully saturated rings. The van der Waals surface area contributed by atoms with E-state index in [1.807, 2.05) is 24.4 Å². The van der Waals surface area contributed by atoms with Crippen molar-refractivity contribution in [1.82, 2.24) is 19.9 Å². The summed E-state index contributed by atoms with van der Waals surface area (Å²) in [7, 11) is 0. The van der Waals surface area contributed by atoms with Gasteiger partial charge in [-0.1, -0.05) is 6.07 Å². The van der Waals surface area contributed by atoms with Crippen LogP contribution in [-0.2, 0) is 11.3 Å². The summed E-state index contributed by atoms with van der Waals surface area (Å²) in [4.78, 5) is 18.8. The van der Waals surface area contributed by atoms with Crippen LogP contribution in [0.15, 0.2) is 24.4 Å². The highest BCUT2D eigenvalue weighted by molar-refractivity contribution is 7.18. The van der Waals surface area contributed by atoms with Crippen LogP contribution in [0.25, 0.3) is 10.2 Å². The third-order valence-corrected chi connectivity index (χ3v) is 6.51. The van der Waals surface area contributed by atoms with E-state index in [0.717, 1.165) is 81.1 Å². The van der Waals surface area contributed by atoms with Crippen molar-refractivity contribution in [2.24, 2.45) is 0 Å². The Kier molecular flexibility index (Phi) is 7.09. The van der Waals surface area contributed by atoms with Gasteiger partial charge in [0, 0.05) is 37.3 Å². The second-order valence-corrected chi connectivity index (χ2v) is 8.82. The van der Waals surface area contributed by atoms with Crippen molar-refractivity contribution in [3.63, 3.8) is 0 Å². The van der Waals surface area contributed by atoms with Crippen LogP contribution >= 0.6 is 11.3 Å². The molecule has 0 atom stereocenters. The monoisotopic (exact) mass is 426 g/mol. The number of nitrogens with zero attached hydrogens (tertiary/aromatic N) is 4. The first-order valence-electron chi connectivity index (χ1n) is 10.7. The van der Waals surface area contributed by atoms with E-state index in [9.17, 15) is 0 Å². The van der Waals surface area contributed by atoms with Gasteiger partial charge in [0.1, 0.15) is 22.3 Å². The molecule has 0 bridgehead atoms. The van der Waals surface area contributed by atoms with Crippen molar-refractivity contribution in [3.8, 4) is 0 Å². The Hall–Kier alpha value is -2.29. The molecule has 0 aliphatic carbocycles. The van der Waals surface area contributed by atoms with Crippen molar-refractivity contribution in [3.05, 3.63) is 40.7 Å². The molecule has 1 aliphatic rings. The van der Waals surface area contributed by atoms with E-state index in [4.69, 9.17) is 14.7 Å². The fourth-order valence-corrected chi connectivity index (χ4v) is 4.64. The Bertz CT molecular complexity index is 955. The minimum atomic E-state index is 0.776. The molecule has 7 nitrogen and oxygen atoms in total. The second kappa shape index (κ2) is 10.1. The number of unbranched alkanes of at least 4 members (excludes halogenated alkanes) is 1. The quantitative estimate of drug-likeness (QED) is 0.504. The molecule has 8 heteroatoms. The normalized spacial score (nSPS) is 14.9. The van der Waals surface area contributed by atoms with Crippen LogP contribution in [-0.4, -0.2) is 59.2 Å². The molecule has 30 heavy (non-hydrogen) atoms. The third-order valence-electron chi connectivity index (χ3n) is 5.41. The molecule has 1 aliphatic heterocycles. The van der Waals surface area contributed by atoms with Crippen LogP contribution in [0.2, 0.25) is 0 Å². The Morgan fingerprint density at radius 2 is 1.87 bits per heavy atom. The summed E-state index contributed by atoms with van der Waals surface area (Å²) in [5.41, 5.74) is 1.28. The first-order valence-corrected chi connectivity index (χ1v) is 11.5. The summed E-state index contributed by atoms with van der Waals surface area (Å²) >= 11 is 1.76. The Balaban J connectivity index is 1.37. The van der Waals surface area contributed by atoms with Crippen LogP contribution in [0.3, 0.4) is 0 Å². The van der Waals surface area contributed by atoms with Gasteiger partial charge in [0.25, 0.3) is 0 Å². The molecule has 3 aromatic heterocycles. The highest BCUT2D eigenvalue weighted by Gasteiger charge is 2.17. The van der Waals surface area contributed by atoms with E-state index in [2.05, 4.69) is 34.4 Å². The zero-order valence-electron chi connectivity index (χ0n) is 17.8. The molecule has 4 heterocycles. The van der Waals surface area contributed by atoms with Gasteiger partial charge < -0.3 is 15.4 Å². The summed E-state index contributed by atoms with van der Waals surface area (Å²) in [5, 5.41) is 8.12. The van der Waals surface area contributed by atoms with E-state index in [-0.39, 0.29) is 0 Å². The molecule has 0 unspecified atom stereocenters. The number of aromatic nitrogens is 3. The number of aryl methyl sites for hydroxylation is 2.